The lowest BCUT2D eigenvalue weighted by atomic mass is 10.1. The number of guanidine groups is 1. The second-order valence-electron chi connectivity index (χ2n) is 7.00. The van der Waals surface area contributed by atoms with E-state index < -0.39 is 24.1 Å². The summed E-state index contributed by atoms with van der Waals surface area (Å²) in [6.45, 7) is 0.0717. The molecule has 1 atom stereocenters. The Hall–Kier alpha value is -3.88. The van der Waals surface area contributed by atoms with Gasteiger partial charge in [-0.2, -0.15) is 0 Å². The predicted molar refractivity (Wildman–Crippen MR) is 117 cm³/mol. The summed E-state index contributed by atoms with van der Waals surface area (Å²) in [6, 6.07) is 17.2. The van der Waals surface area contributed by atoms with Crippen molar-refractivity contribution in [3.05, 3.63) is 71.8 Å². The minimum absolute atomic E-state index is 0.0200. The van der Waals surface area contributed by atoms with Gasteiger partial charge in [-0.1, -0.05) is 60.7 Å². The topological polar surface area (TPSA) is 129 Å². The number of amides is 1. The number of carbonyl (C=O) groups excluding carboxylic acids is 2. The molecule has 2 aromatic carbocycles. The van der Waals surface area contributed by atoms with Crippen molar-refractivity contribution >= 4 is 24.0 Å². The van der Waals surface area contributed by atoms with Gasteiger partial charge in [0.2, 0.25) is 5.96 Å². The van der Waals surface area contributed by atoms with E-state index in [-0.39, 0.29) is 32.0 Å². The van der Waals surface area contributed by atoms with Crippen molar-refractivity contribution in [2.24, 2.45) is 0 Å². The molecule has 0 aromatic heterocycles. The summed E-state index contributed by atoms with van der Waals surface area (Å²) < 4.78 is 10.1. The summed E-state index contributed by atoms with van der Waals surface area (Å²) in [5, 5.41) is 19.7. The van der Waals surface area contributed by atoms with Crippen molar-refractivity contribution in [3.63, 3.8) is 0 Å². The van der Waals surface area contributed by atoms with E-state index in [1.807, 2.05) is 36.4 Å². The van der Waals surface area contributed by atoms with Crippen LogP contribution in [0.5, 0.6) is 0 Å². The first-order valence-electron chi connectivity index (χ1n) is 10.1. The smallest absolute Gasteiger partial charge is 0.413 e. The number of nitrogens with one attached hydrogen (secondary N) is 2. The van der Waals surface area contributed by atoms with Gasteiger partial charge in [-0.15, -0.1) is 0 Å². The van der Waals surface area contributed by atoms with Crippen LogP contribution in [0.2, 0.25) is 0 Å². The third-order valence-corrected chi connectivity index (χ3v) is 4.57. The molecule has 0 saturated carbocycles. The molecule has 0 aliphatic heterocycles. The van der Waals surface area contributed by atoms with E-state index in [9.17, 15) is 19.5 Å². The van der Waals surface area contributed by atoms with E-state index >= 15 is 0 Å². The lowest BCUT2D eigenvalue weighted by molar-refractivity contribution is -0.143. The maximum atomic E-state index is 11.9. The molecule has 2 rings (SSSR count). The van der Waals surface area contributed by atoms with E-state index in [1.165, 1.54) is 7.05 Å². The first-order chi connectivity index (χ1) is 15.4. The summed E-state index contributed by atoms with van der Waals surface area (Å²) in [5.41, 5.74) is 1.65. The number of carboxylic acid groups (broad SMARTS) is 1. The van der Waals surface area contributed by atoms with Crippen molar-refractivity contribution in [2.45, 2.75) is 25.3 Å². The van der Waals surface area contributed by atoms with E-state index in [4.69, 9.17) is 14.9 Å². The Labute approximate surface area is 186 Å². The number of hydrogen-bond acceptors (Lipinski definition) is 6. The first kappa shape index (κ1) is 24.4. The molecule has 0 heterocycles. The third-order valence-electron chi connectivity index (χ3n) is 4.57. The van der Waals surface area contributed by atoms with Crippen LogP contribution in [-0.2, 0) is 31.9 Å². The van der Waals surface area contributed by atoms with Gasteiger partial charge >= 0.3 is 18.0 Å². The van der Waals surface area contributed by atoms with Crippen LogP contribution in [0.1, 0.15) is 17.5 Å². The fourth-order valence-electron chi connectivity index (χ4n) is 2.83. The van der Waals surface area contributed by atoms with Crippen LogP contribution in [0.4, 0.5) is 4.79 Å². The summed E-state index contributed by atoms with van der Waals surface area (Å²) in [6.07, 6.45) is -0.260. The Balaban J connectivity index is 1.68. The Kier molecular flexibility index (Phi) is 9.70. The molecule has 0 bridgehead atoms. The second-order valence-corrected chi connectivity index (χ2v) is 7.00. The maximum Gasteiger partial charge on any atom is 0.413 e. The number of ether oxygens (including phenoxy) is 2. The highest BCUT2D eigenvalue weighted by atomic mass is 16.6. The molecule has 2 aromatic rings. The lowest BCUT2D eigenvalue weighted by Gasteiger charge is -2.26. The zero-order valence-corrected chi connectivity index (χ0v) is 17.8. The molecule has 170 valence electrons. The molecule has 3 N–H and O–H groups in total. The van der Waals surface area contributed by atoms with Gasteiger partial charge in [0.05, 0.1) is 19.6 Å². The number of benzene rings is 2. The number of esters is 1. The maximum absolute atomic E-state index is 11.9. The van der Waals surface area contributed by atoms with Gasteiger partial charge in [0.1, 0.15) is 6.04 Å². The van der Waals surface area contributed by atoms with Gasteiger partial charge in [0.15, 0.2) is 0 Å². The van der Waals surface area contributed by atoms with Gasteiger partial charge < -0.3 is 19.5 Å². The number of carbonyl (C=O) groups is 3. The number of hydrogen-bond donors (Lipinski definition) is 3. The van der Waals surface area contributed by atoms with Crippen molar-refractivity contribution in [1.29, 1.82) is 5.41 Å². The number of carboxylic acids is 1. The molecule has 0 aliphatic carbocycles. The fraction of sp³-hybridized carbons (Fsp3) is 0.304. The van der Waals surface area contributed by atoms with Crippen molar-refractivity contribution < 1.29 is 29.0 Å². The fourth-order valence-corrected chi connectivity index (χ4v) is 2.83. The molecule has 0 aliphatic rings. The number of nitrogens with zero attached hydrogens (tertiary/aromatic N) is 1. The highest BCUT2D eigenvalue weighted by Crippen LogP contribution is 2.08. The molecule has 0 fully saturated rings. The van der Waals surface area contributed by atoms with Gasteiger partial charge in [-0.3, -0.25) is 15.5 Å². The minimum Gasteiger partial charge on any atom is -0.480 e. The molecule has 1 unspecified atom stereocenters. The minimum atomic E-state index is -1.12. The molecular formula is C23H27N3O6. The molecule has 9 heteroatoms. The van der Waals surface area contributed by atoms with Gasteiger partial charge in [0, 0.05) is 19.9 Å². The number of alkyl carbamates (subject to hydrolysis) is 1. The van der Waals surface area contributed by atoms with Crippen LogP contribution in [0.25, 0.3) is 0 Å². The molecule has 0 saturated heterocycles. The monoisotopic (exact) mass is 441 g/mol. The second kappa shape index (κ2) is 12.7. The van der Waals surface area contributed by atoms with Crippen molar-refractivity contribution in [2.75, 3.05) is 20.3 Å². The SMILES string of the molecule is CN(C(=N)NC(=O)OCCCOC(=O)Cc1ccccc1)C(Cc1ccccc1)C(=O)O. The van der Waals surface area contributed by atoms with E-state index in [1.54, 1.807) is 24.3 Å². The summed E-state index contributed by atoms with van der Waals surface area (Å²) in [4.78, 5) is 36.4. The normalized spacial score (nSPS) is 11.2. The van der Waals surface area contributed by atoms with Crippen LogP contribution in [0.15, 0.2) is 60.7 Å². The summed E-state index contributed by atoms with van der Waals surface area (Å²) in [5.74, 6) is -1.89. The van der Waals surface area contributed by atoms with Crippen LogP contribution in [0.3, 0.4) is 0 Å². The average molecular weight is 441 g/mol. The van der Waals surface area contributed by atoms with E-state index in [0.717, 1.165) is 16.0 Å². The highest BCUT2D eigenvalue weighted by Gasteiger charge is 2.26. The van der Waals surface area contributed by atoms with Crippen LogP contribution in [-0.4, -0.2) is 60.3 Å². The largest absolute Gasteiger partial charge is 0.480 e. The Bertz CT molecular complexity index is 904. The predicted octanol–water partition coefficient (Wildman–Crippen LogP) is 2.45. The summed E-state index contributed by atoms with van der Waals surface area (Å²) >= 11 is 0. The standard InChI is InChI=1S/C23H27N3O6/c1-26(19(21(28)29)15-17-9-4-2-5-10-17)22(24)25-23(30)32-14-8-13-31-20(27)16-18-11-6-3-7-12-18/h2-7,9-12,19H,8,13-16H2,1H3,(H,28,29)(H2,24,25,30). The lowest BCUT2D eigenvalue weighted by Crippen LogP contribution is -2.50. The van der Waals surface area contributed by atoms with Crippen LogP contribution in [0, 0.1) is 5.41 Å². The van der Waals surface area contributed by atoms with Crippen LogP contribution >= 0.6 is 0 Å². The van der Waals surface area contributed by atoms with Crippen molar-refractivity contribution in [1.82, 2.24) is 10.2 Å². The van der Waals surface area contributed by atoms with Crippen molar-refractivity contribution in [3.8, 4) is 0 Å². The summed E-state index contributed by atoms with van der Waals surface area (Å²) in [7, 11) is 1.41. The Morgan fingerprint density at radius 3 is 2.12 bits per heavy atom. The molecular weight excluding hydrogens is 414 g/mol. The van der Waals surface area contributed by atoms with Gasteiger partial charge in [-0.25, -0.2) is 9.59 Å². The van der Waals surface area contributed by atoms with Gasteiger partial charge in [0.25, 0.3) is 0 Å². The molecule has 0 radical (unpaired) electrons. The van der Waals surface area contributed by atoms with E-state index in [2.05, 4.69) is 5.32 Å². The first-order valence-corrected chi connectivity index (χ1v) is 10.1. The van der Waals surface area contributed by atoms with E-state index in [0.29, 0.717) is 6.42 Å². The Morgan fingerprint density at radius 2 is 1.53 bits per heavy atom. The quantitative estimate of drug-likeness (QED) is 0.223. The van der Waals surface area contributed by atoms with Crippen LogP contribution < -0.4 is 5.32 Å². The molecule has 32 heavy (non-hydrogen) atoms. The molecule has 9 nitrogen and oxygen atoms in total. The number of aliphatic carboxylic acids is 1. The highest BCUT2D eigenvalue weighted by molar-refractivity contribution is 5.94. The average Bonchev–Trinajstić information content (AvgIpc) is 2.78. The number of rotatable bonds is 10. The number of likely N-dealkylation sites (N-methyl/N-ethyl adjacent to an activating group) is 1. The Morgan fingerprint density at radius 1 is 0.969 bits per heavy atom. The molecule has 1 amide bonds. The van der Waals surface area contributed by atoms with Gasteiger partial charge in [-0.05, 0) is 11.1 Å². The molecule has 0 spiro atoms. The third kappa shape index (κ3) is 8.47. The zero-order chi connectivity index (χ0) is 23.3. The zero-order valence-electron chi connectivity index (χ0n) is 17.8.